The van der Waals surface area contributed by atoms with E-state index in [0.717, 1.165) is 33.5 Å². The summed E-state index contributed by atoms with van der Waals surface area (Å²) in [7, 11) is 3.43. The van der Waals surface area contributed by atoms with Gasteiger partial charge in [0.05, 0.1) is 7.11 Å². The third-order valence-corrected chi connectivity index (χ3v) is 6.25. The predicted molar refractivity (Wildman–Crippen MR) is 140 cm³/mol. The Hall–Kier alpha value is -4.65. The van der Waals surface area contributed by atoms with Gasteiger partial charge in [-0.1, -0.05) is 18.2 Å². The highest BCUT2D eigenvalue weighted by Crippen LogP contribution is 2.32. The van der Waals surface area contributed by atoms with Crippen LogP contribution in [0.25, 0.3) is 22.2 Å². The molecule has 1 amide bonds. The van der Waals surface area contributed by atoms with Crippen LogP contribution < -0.4 is 10.1 Å². The van der Waals surface area contributed by atoms with Gasteiger partial charge in [-0.05, 0) is 72.1 Å². The van der Waals surface area contributed by atoms with Gasteiger partial charge in [0.2, 0.25) is 11.7 Å². The van der Waals surface area contributed by atoms with Crippen molar-refractivity contribution in [1.82, 2.24) is 14.5 Å². The van der Waals surface area contributed by atoms with Crippen LogP contribution in [0, 0.1) is 0 Å². The first kappa shape index (κ1) is 23.1. The highest BCUT2D eigenvalue weighted by molar-refractivity contribution is 6.07. The van der Waals surface area contributed by atoms with Gasteiger partial charge in [-0.3, -0.25) is 9.59 Å². The number of nitrogens with one attached hydrogen (secondary N) is 2. The van der Waals surface area contributed by atoms with E-state index in [0.29, 0.717) is 29.9 Å². The Morgan fingerprint density at radius 1 is 1.00 bits per heavy atom. The molecule has 0 atom stereocenters. The lowest BCUT2D eigenvalue weighted by molar-refractivity contribution is -0.116. The van der Waals surface area contributed by atoms with Crippen LogP contribution in [-0.2, 0) is 18.3 Å². The summed E-state index contributed by atoms with van der Waals surface area (Å²) >= 11 is 0. The van der Waals surface area contributed by atoms with Gasteiger partial charge >= 0.3 is 0 Å². The van der Waals surface area contributed by atoms with E-state index in [1.165, 1.54) is 0 Å². The number of aromatic nitrogens is 3. The van der Waals surface area contributed by atoms with Gasteiger partial charge in [0.15, 0.2) is 5.82 Å². The molecule has 0 spiro atoms. The minimum Gasteiger partial charge on any atom is -0.497 e. The Bertz CT molecular complexity index is 1530. The number of para-hydroxylation sites is 1. The maximum absolute atomic E-state index is 12.8. The fourth-order valence-corrected chi connectivity index (χ4v) is 4.34. The molecule has 7 heteroatoms. The lowest BCUT2D eigenvalue weighted by Crippen LogP contribution is -2.13. The number of nitrogens with zero attached hydrogens (tertiary/aromatic N) is 2. The number of hydrogen-bond acceptors (Lipinski definition) is 4. The molecule has 0 fully saturated rings. The van der Waals surface area contributed by atoms with Gasteiger partial charge in [-0.2, -0.15) is 0 Å². The van der Waals surface area contributed by atoms with Gasteiger partial charge in [-0.15, -0.1) is 0 Å². The maximum Gasteiger partial charge on any atom is 0.228 e. The molecule has 0 aliphatic rings. The van der Waals surface area contributed by atoms with E-state index in [2.05, 4.69) is 21.4 Å². The van der Waals surface area contributed by atoms with Crippen LogP contribution >= 0.6 is 0 Å². The zero-order valence-electron chi connectivity index (χ0n) is 20.1. The van der Waals surface area contributed by atoms with Crippen LogP contribution in [0.4, 0.5) is 5.69 Å². The van der Waals surface area contributed by atoms with Gasteiger partial charge in [0.25, 0.3) is 0 Å². The molecule has 0 saturated heterocycles. The van der Waals surface area contributed by atoms with Gasteiger partial charge in [0.1, 0.15) is 5.75 Å². The number of ether oxygens (including phenoxy) is 1. The Labute approximate surface area is 208 Å². The third-order valence-electron chi connectivity index (χ3n) is 6.25. The second-order valence-electron chi connectivity index (χ2n) is 8.57. The summed E-state index contributed by atoms with van der Waals surface area (Å²) in [6.07, 6.45) is 4.22. The van der Waals surface area contributed by atoms with Crippen LogP contribution in [0.15, 0.2) is 85.2 Å². The highest BCUT2D eigenvalue weighted by Gasteiger charge is 2.16. The quantitative estimate of drug-likeness (QED) is 0.293. The smallest absolute Gasteiger partial charge is 0.228 e. The second kappa shape index (κ2) is 9.92. The van der Waals surface area contributed by atoms with Gasteiger partial charge in [-0.25, -0.2) is 4.98 Å². The fourth-order valence-electron chi connectivity index (χ4n) is 4.34. The summed E-state index contributed by atoms with van der Waals surface area (Å²) in [5, 5.41) is 4.05. The van der Waals surface area contributed by atoms with Crippen LogP contribution in [0.1, 0.15) is 28.2 Å². The van der Waals surface area contributed by atoms with Crippen molar-refractivity contribution in [3.05, 3.63) is 102 Å². The number of amides is 1. The number of anilines is 1. The summed E-state index contributed by atoms with van der Waals surface area (Å²) in [4.78, 5) is 33.0. The Balaban J connectivity index is 1.30. The van der Waals surface area contributed by atoms with Crippen molar-refractivity contribution in [3.63, 3.8) is 0 Å². The largest absolute Gasteiger partial charge is 0.497 e. The van der Waals surface area contributed by atoms with Crippen molar-refractivity contribution < 1.29 is 14.3 Å². The molecule has 0 unspecified atom stereocenters. The highest BCUT2D eigenvalue weighted by atomic mass is 16.5. The first-order chi connectivity index (χ1) is 17.5. The van der Waals surface area contributed by atoms with E-state index < -0.39 is 0 Å². The topological polar surface area (TPSA) is 89.0 Å². The Morgan fingerprint density at radius 3 is 2.44 bits per heavy atom. The Kier molecular flexibility index (Phi) is 6.36. The lowest BCUT2D eigenvalue weighted by Gasteiger charge is -2.09. The van der Waals surface area contributed by atoms with E-state index in [1.807, 2.05) is 42.5 Å². The number of imidazole rings is 1. The zero-order chi connectivity index (χ0) is 25.1. The van der Waals surface area contributed by atoms with E-state index in [9.17, 15) is 9.59 Å². The molecule has 0 aliphatic heterocycles. The minimum absolute atomic E-state index is 0.0934. The number of methoxy groups -OCH3 is 1. The molecule has 0 radical (unpaired) electrons. The molecule has 0 saturated carbocycles. The van der Waals surface area contributed by atoms with Crippen molar-refractivity contribution >= 4 is 28.3 Å². The number of ketones is 1. The van der Waals surface area contributed by atoms with Gasteiger partial charge < -0.3 is 19.6 Å². The van der Waals surface area contributed by atoms with E-state index in [4.69, 9.17) is 4.74 Å². The Morgan fingerprint density at radius 2 is 1.75 bits per heavy atom. The van der Waals surface area contributed by atoms with Gasteiger partial charge in [0, 0.05) is 53.7 Å². The molecule has 2 N–H and O–H groups in total. The summed E-state index contributed by atoms with van der Waals surface area (Å²) in [5.74, 6) is 0.913. The number of H-pyrrole nitrogens is 1. The molecule has 0 aliphatic carbocycles. The first-order valence-corrected chi connectivity index (χ1v) is 11.7. The molecular formula is C29H26N4O3. The predicted octanol–water partition coefficient (Wildman–Crippen LogP) is 5.38. The number of rotatable bonds is 8. The number of benzene rings is 3. The van der Waals surface area contributed by atoms with Crippen molar-refractivity contribution in [1.29, 1.82) is 0 Å². The lowest BCUT2D eigenvalue weighted by atomic mass is 10.0. The summed E-state index contributed by atoms with van der Waals surface area (Å²) < 4.78 is 6.97. The molecule has 5 aromatic rings. The van der Waals surface area contributed by atoms with Crippen LogP contribution in [0.2, 0.25) is 0 Å². The maximum atomic E-state index is 12.8. The molecule has 2 heterocycles. The number of carbonyl (C=O) groups excluding carboxylic acids is 2. The van der Waals surface area contributed by atoms with Crippen molar-refractivity contribution in [2.24, 2.45) is 7.05 Å². The fraction of sp³-hybridized carbons (Fsp3) is 0.138. The monoisotopic (exact) mass is 478 g/mol. The van der Waals surface area contributed by atoms with Crippen molar-refractivity contribution in [2.45, 2.75) is 12.8 Å². The number of hydrogen-bond donors (Lipinski definition) is 2. The number of aryl methyl sites for hydroxylation is 2. The number of aromatic amines is 1. The van der Waals surface area contributed by atoms with E-state index >= 15 is 0 Å². The van der Waals surface area contributed by atoms with Crippen LogP contribution in [-0.4, -0.2) is 33.3 Å². The first-order valence-electron chi connectivity index (χ1n) is 11.7. The van der Waals surface area contributed by atoms with Crippen molar-refractivity contribution in [3.8, 4) is 17.0 Å². The number of fused-ring (bicyclic) bond motifs is 1. The molecule has 3 aromatic carbocycles. The zero-order valence-corrected chi connectivity index (χ0v) is 20.1. The molecule has 5 rings (SSSR count). The number of carbonyl (C=O) groups is 2. The summed E-state index contributed by atoms with van der Waals surface area (Å²) in [6, 6.07) is 22.9. The van der Waals surface area contributed by atoms with E-state index in [-0.39, 0.29) is 11.7 Å². The summed E-state index contributed by atoms with van der Waals surface area (Å²) in [5.41, 5.74) is 5.34. The molecule has 7 nitrogen and oxygen atoms in total. The van der Waals surface area contributed by atoms with E-state index in [1.54, 1.807) is 55.4 Å². The summed E-state index contributed by atoms with van der Waals surface area (Å²) in [6.45, 7) is 0. The van der Waals surface area contributed by atoms with Crippen LogP contribution in [0.5, 0.6) is 5.75 Å². The van der Waals surface area contributed by atoms with Crippen LogP contribution in [0.3, 0.4) is 0 Å². The molecule has 36 heavy (non-hydrogen) atoms. The van der Waals surface area contributed by atoms with Crippen molar-refractivity contribution in [2.75, 3.05) is 12.4 Å². The molecule has 180 valence electrons. The third kappa shape index (κ3) is 4.63. The average molecular weight is 479 g/mol. The SMILES string of the molecule is COc1ccc(-c2[nH]c3ccccc3c2CCC(=O)Nc2ccc(C(=O)c3nccn3C)cc2)cc1. The normalized spacial score (nSPS) is 10.9. The average Bonchev–Trinajstić information content (AvgIpc) is 3.51. The minimum atomic E-state index is -0.161. The standard InChI is InChI=1S/C29H26N4O3/c1-33-18-17-30-29(33)28(35)20-7-11-21(12-8-20)31-26(34)16-15-24-23-5-3-4-6-25(23)32-27(24)19-9-13-22(36-2)14-10-19/h3-14,17-18,32H,15-16H2,1-2H3,(H,31,34). The second-order valence-corrected chi connectivity index (χ2v) is 8.57. The molecular weight excluding hydrogens is 452 g/mol. The molecule has 2 aromatic heterocycles. The molecule has 0 bridgehead atoms.